The number of nitro benzene ring substituents is 1. The number of para-hydroxylation sites is 2. The topological polar surface area (TPSA) is 73.6 Å². The van der Waals surface area contributed by atoms with Crippen molar-refractivity contribution >= 4 is 5.69 Å². The number of rotatable bonds is 4. The molecule has 0 amide bonds. The highest BCUT2D eigenvalue weighted by molar-refractivity contribution is 5.45. The first-order chi connectivity index (χ1) is 8.27. The molecule has 0 bridgehead atoms. The maximum atomic E-state index is 10.8. The second-order valence-electron chi connectivity index (χ2n) is 3.73. The van der Waals surface area contributed by atoms with Crippen LogP contribution in [0.5, 0.6) is 5.75 Å². The van der Waals surface area contributed by atoms with Crippen LogP contribution in [0.1, 0.15) is 0 Å². The van der Waals surface area contributed by atoms with Crippen molar-refractivity contribution in [1.82, 2.24) is 5.32 Å². The van der Waals surface area contributed by atoms with E-state index in [0.29, 0.717) is 19.8 Å². The van der Waals surface area contributed by atoms with Crippen molar-refractivity contribution in [2.45, 2.75) is 6.10 Å². The summed E-state index contributed by atoms with van der Waals surface area (Å²) in [5.74, 6) is 0.284. The Balaban J connectivity index is 1.96. The summed E-state index contributed by atoms with van der Waals surface area (Å²) in [7, 11) is 0. The van der Waals surface area contributed by atoms with Crippen LogP contribution in [0.3, 0.4) is 0 Å². The summed E-state index contributed by atoms with van der Waals surface area (Å²) in [5, 5.41) is 13.9. The summed E-state index contributed by atoms with van der Waals surface area (Å²) >= 11 is 0. The normalized spacial score (nSPS) is 19.9. The minimum absolute atomic E-state index is 0.0173. The lowest BCUT2D eigenvalue weighted by Gasteiger charge is -2.23. The third-order valence-electron chi connectivity index (χ3n) is 2.49. The number of morpholine rings is 1. The first-order valence-electron chi connectivity index (χ1n) is 5.46. The molecule has 1 aromatic rings. The second kappa shape index (κ2) is 5.60. The summed E-state index contributed by atoms with van der Waals surface area (Å²) in [6.07, 6.45) is -0.0523. The fourth-order valence-electron chi connectivity index (χ4n) is 1.64. The maximum absolute atomic E-state index is 10.8. The molecule has 1 aliphatic rings. The molecule has 6 heteroatoms. The van der Waals surface area contributed by atoms with Gasteiger partial charge in [0.05, 0.1) is 11.5 Å². The predicted molar refractivity (Wildman–Crippen MR) is 61.2 cm³/mol. The predicted octanol–water partition coefficient (Wildman–Crippen LogP) is 0.962. The first kappa shape index (κ1) is 11.8. The smallest absolute Gasteiger partial charge is 0.310 e. The highest BCUT2D eigenvalue weighted by Crippen LogP contribution is 2.25. The summed E-state index contributed by atoms with van der Waals surface area (Å²) in [4.78, 5) is 10.3. The van der Waals surface area contributed by atoms with Crippen LogP contribution < -0.4 is 10.1 Å². The quantitative estimate of drug-likeness (QED) is 0.624. The number of ether oxygens (including phenoxy) is 2. The van der Waals surface area contributed by atoms with Crippen LogP contribution in [0.2, 0.25) is 0 Å². The Kier molecular flexibility index (Phi) is 3.89. The molecule has 0 aliphatic carbocycles. The molecule has 1 fully saturated rings. The fourth-order valence-corrected chi connectivity index (χ4v) is 1.64. The summed E-state index contributed by atoms with van der Waals surface area (Å²) < 4.78 is 10.9. The Hall–Kier alpha value is -1.66. The molecule has 1 saturated heterocycles. The van der Waals surface area contributed by atoms with Crippen LogP contribution in [0.4, 0.5) is 5.69 Å². The SMILES string of the molecule is O=[N+]([O-])c1ccccc1OC[C@H]1CNCCO1. The summed E-state index contributed by atoms with van der Waals surface area (Å²) in [6.45, 7) is 2.51. The van der Waals surface area contributed by atoms with Gasteiger partial charge in [0.1, 0.15) is 12.7 Å². The van der Waals surface area contributed by atoms with Gasteiger partial charge in [0.15, 0.2) is 5.75 Å². The van der Waals surface area contributed by atoms with Gasteiger partial charge in [0.2, 0.25) is 0 Å². The second-order valence-corrected chi connectivity index (χ2v) is 3.73. The van der Waals surface area contributed by atoms with Gasteiger partial charge in [-0.05, 0) is 6.07 Å². The molecule has 1 heterocycles. The molecule has 1 N–H and O–H groups in total. The number of nitrogens with one attached hydrogen (secondary N) is 1. The van der Waals surface area contributed by atoms with Gasteiger partial charge in [-0.2, -0.15) is 0 Å². The third-order valence-corrected chi connectivity index (χ3v) is 2.49. The van der Waals surface area contributed by atoms with Gasteiger partial charge < -0.3 is 14.8 Å². The van der Waals surface area contributed by atoms with Gasteiger partial charge in [-0.15, -0.1) is 0 Å². The van der Waals surface area contributed by atoms with Crippen molar-refractivity contribution < 1.29 is 14.4 Å². The average molecular weight is 238 g/mol. The van der Waals surface area contributed by atoms with E-state index < -0.39 is 4.92 Å². The summed E-state index contributed by atoms with van der Waals surface area (Å²) in [6, 6.07) is 6.34. The van der Waals surface area contributed by atoms with Crippen LogP contribution in [-0.2, 0) is 4.74 Å². The number of nitrogens with zero attached hydrogens (tertiary/aromatic N) is 1. The van der Waals surface area contributed by atoms with Crippen LogP contribution in [0.15, 0.2) is 24.3 Å². The third kappa shape index (κ3) is 3.15. The Labute approximate surface area is 98.7 Å². The van der Waals surface area contributed by atoms with E-state index in [1.54, 1.807) is 18.2 Å². The van der Waals surface area contributed by atoms with Crippen LogP contribution >= 0.6 is 0 Å². The maximum Gasteiger partial charge on any atom is 0.310 e. The van der Waals surface area contributed by atoms with Gasteiger partial charge in [-0.3, -0.25) is 10.1 Å². The van der Waals surface area contributed by atoms with Crippen molar-refractivity contribution in [3.63, 3.8) is 0 Å². The molecule has 0 saturated carbocycles. The Morgan fingerprint density at radius 1 is 1.53 bits per heavy atom. The highest BCUT2D eigenvalue weighted by atomic mass is 16.6. The highest BCUT2D eigenvalue weighted by Gasteiger charge is 2.18. The molecule has 1 atom stereocenters. The van der Waals surface area contributed by atoms with E-state index in [4.69, 9.17) is 9.47 Å². The molecule has 0 aromatic heterocycles. The van der Waals surface area contributed by atoms with E-state index in [-0.39, 0.29) is 17.5 Å². The molecule has 1 aliphatic heterocycles. The number of hydrogen-bond acceptors (Lipinski definition) is 5. The van der Waals surface area contributed by atoms with E-state index >= 15 is 0 Å². The molecule has 0 unspecified atom stereocenters. The minimum atomic E-state index is -0.449. The lowest BCUT2D eigenvalue weighted by atomic mass is 10.3. The molecule has 2 rings (SSSR count). The largest absolute Gasteiger partial charge is 0.484 e. The number of nitro groups is 1. The van der Waals surface area contributed by atoms with E-state index in [0.717, 1.165) is 6.54 Å². The van der Waals surface area contributed by atoms with E-state index in [1.807, 2.05) is 0 Å². The zero-order valence-corrected chi connectivity index (χ0v) is 9.30. The zero-order chi connectivity index (χ0) is 12.1. The van der Waals surface area contributed by atoms with Crippen molar-refractivity contribution in [3.05, 3.63) is 34.4 Å². The van der Waals surface area contributed by atoms with Gasteiger partial charge in [-0.25, -0.2) is 0 Å². The lowest BCUT2D eigenvalue weighted by Crippen LogP contribution is -2.41. The summed E-state index contributed by atoms with van der Waals surface area (Å²) in [5.41, 5.74) is -0.0173. The number of benzene rings is 1. The standard InChI is InChI=1S/C11H14N2O4/c14-13(15)10-3-1-2-4-11(10)17-8-9-7-12-5-6-16-9/h1-4,9,12H,5-8H2/t9-/m1/s1. The molecule has 0 radical (unpaired) electrons. The molecule has 1 aromatic carbocycles. The Morgan fingerprint density at radius 3 is 3.06 bits per heavy atom. The van der Waals surface area contributed by atoms with Gasteiger partial charge in [-0.1, -0.05) is 12.1 Å². The van der Waals surface area contributed by atoms with E-state index in [2.05, 4.69) is 5.32 Å². The van der Waals surface area contributed by atoms with Crippen LogP contribution in [0, 0.1) is 10.1 Å². The van der Waals surface area contributed by atoms with Crippen LogP contribution in [0.25, 0.3) is 0 Å². The van der Waals surface area contributed by atoms with Crippen LogP contribution in [-0.4, -0.2) is 37.3 Å². The van der Waals surface area contributed by atoms with Gasteiger partial charge in [0.25, 0.3) is 0 Å². The van der Waals surface area contributed by atoms with Crippen molar-refractivity contribution in [1.29, 1.82) is 0 Å². The molecule has 0 spiro atoms. The van der Waals surface area contributed by atoms with E-state index in [1.165, 1.54) is 6.07 Å². The zero-order valence-electron chi connectivity index (χ0n) is 9.30. The monoisotopic (exact) mass is 238 g/mol. The molecular weight excluding hydrogens is 224 g/mol. The van der Waals surface area contributed by atoms with Crippen molar-refractivity contribution in [2.75, 3.05) is 26.3 Å². The van der Waals surface area contributed by atoms with E-state index in [9.17, 15) is 10.1 Å². The molecule has 6 nitrogen and oxygen atoms in total. The van der Waals surface area contributed by atoms with Gasteiger partial charge >= 0.3 is 5.69 Å². The van der Waals surface area contributed by atoms with Crippen molar-refractivity contribution in [2.24, 2.45) is 0 Å². The Bertz CT molecular complexity index is 391. The fraction of sp³-hybridized carbons (Fsp3) is 0.455. The Morgan fingerprint density at radius 2 is 2.35 bits per heavy atom. The average Bonchev–Trinajstić information content (AvgIpc) is 2.38. The first-order valence-corrected chi connectivity index (χ1v) is 5.46. The molecule has 17 heavy (non-hydrogen) atoms. The van der Waals surface area contributed by atoms with Gasteiger partial charge in [0, 0.05) is 19.2 Å². The minimum Gasteiger partial charge on any atom is -0.484 e. The lowest BCUT2D eigenvalue weighted by molar-refractivity contribution is -0.385. The van der Waals surface area contributed by atoms with Crippen molar-refractivity contribution in [3.8, 4) is 5.75 Å². The molecule has 92 valence electrons. The number of hydrogen-bond donors (Lipinski definition) is 1. The molecular formula is C11H14N2O4.